The second-order valence-electron chi connectivity index (χ2n) is 3.30. The van der Waals surface area contributed by atoms with Gasteiger partial charge in [-0.2, -0.15) is 0 Å². The van der Waals surface area contributed by atoms with Crippen molar-refractivity contribution in [3.8, 4) is 0 Å². The Morgan fingerprint density at radius 2 is 2.31 bits per heavy atom. The molecule has 0 aliphatic heterocycles. The van der Waals surface area contributed by atoms with E-state index >= 15 is 0 Å². The molecule has 13 heavy (non-hydrogen) atoms. The van der Waals surface area contributed by atoms with Crippen molar-refractivity contribution in [2.75, 3.05) is 5.32 Å². The highest BCUT2D eigenvalue weighted by Crippen LogP contribution is 2.26. The minimum absolute atomic E-state index is 0.248. The number of anilines is 1. The van der Waals surface area contributed by atoms with E-state index in [0.717, 1.165) is 18.0 Å². The highest BCUT2D eigenvalue weighted by molar-refractivity contribution is 7.13. The predicted molar refractivity (Wildman–Crippen MR) is 55.4 cm³/mol. The van der Waals surface area contributed by atoms with Crippen LogP contribution >= 0.6 is 22.9 Å². The van der Waals surface area contributed by atoms with E-state index in [4.69, 9.17) is 11.6 Å². The van der Waals surface area contributed by atoms with Crippen molar-refractivity contribution in [3.05, 3.63) is 5.51 Å². The lowest BCUT2D eigenvalue weighted by Crippen LogP contribution is -2.32. The van der Waals surface area contributed by atoms with Crippen LogP contribution in [0.15, 0.2) is 5.51 Å². The van der Waals surface area contributed by atoms with Gasteiger partial charge in [0.05, 0.1) is 5.38 Å². The monoisotopic (exact) mass is 217 g/mol. The zero-order valence-electron chi connectivity index (χ0n) is 7.24. The first-order chi connectivity index (χ1) is 6.36. The second kappa shape index (κ2) is 4.24. The van der Waals surface area contributed by atoms with Crippen LogP contribution < -0.4 is 5.32 Å². The van der Waals surface area contributed by atoms with E-state index in [-0.39, 0.29) is 5.38 Å². The number of rotatable bonds is 2. The van der Waals surface area contributed by atoms with Crippen molar-refractivity contribution in [2.24, 2.45) is 0 Å². The molecule has 1 heterocycles. The quantitative estimate of drug-likeness (QED) is 0.774. The molecule has 2 rings (SSSR count). The van der Waals surface area contributed by atoms with Gasteiger partial charge in [-0.3, -0.25) is 0 Å². The summed E-state index contributed by atoms with van der Waals surface area (Å²) in [6, 6.07) is 0.378. The zero-order valence-corrected chi connectivity index (χ0v) is 8.81. The molecule has 1 saturated carbocycles. The molecule has 0 radical (unpaired) electrons. The summed E-state index contributed by atoms with van der Waals surface area (Å²) in [6.07, 6.45) is 4.77. The van der Waals surface area contributed by atoms with Gasteiger partial charge in [-0.25, -0.2) is 0 Å². The van der Waals surface area contributed by atoms with Gasteiger partial charge in [0.1, 0.15) is 5.51 Å². The predicted octanol–water partition coefficient (Wildman–Crippen LogP) is 2.50. The summed E-state index contributed by atoms with van der Waals surface area (Å²) in [5.41, 5.74) is 1.73. The van der Waals surface area contributed by atoms with Crippen molar-refractivity contribution in [2.45, 2.75) is 37.1 Å². The topological polar surface area (TPSA) is 37.8 Å². The van der Waals surface area contributed by atoms with Crippen molar-refractivity contribution in [1.82, 2.24) is 10.2 Å². The normalized spacial score (nSPS) is 28.7. The standard InChI is InChI=1S/C8H12ClN3S/c9-6-3-1-2-4-7(6)11-8-12-10-5-13-8/h5-7H,1-4H2,(H,11,12). The third kappa shape index (κ3) is 2.31. The number of aromatic nitrogens is 2. The Kier molecular flexibility index (Phi) is 3.01. The van der Waals surface area contributed by atoms with Gasteiger partial charge in [0.15, 0.2) is 0 Å². The molecular formula is C8H12ClN3S. The summed E-state index contributed by atoms with van der Waals surface area (Å²) >= 11 is 7.72. The maximum atomic E-state index is 6.19. The number of alkyl halides is 1. The lowest BCUT2D eigenvalue weighted by molar-refractivity contribution is 0.469. The van der Waals surface area contributed by atoms with Gasteiger partial charge in [-0.05, 0) is 12.8 Å². The first-order valence-electron chi connectivity index (χ1n) is 4.53. The Labute approximate surface area is 86.5 Å². The first-order valence-corrected chi connectivity index (χ1v) is 5.84. The fraction of sp³-hybridized carbons (Fsp3) is 0.750. The molecule has 2 atom stereocenters. The molecule has 0 amide bonds. The van der Waals surface area contributed by atoms with Crippen LogP contribution in [0.3, 0.4) is 0 Å². The van der Waals surface area contributed by atoms with E-state index in [1.807, 2.05) is 0 Å². The van der Waals surface area contributed by atoms with Crippen molar-refractivity contribution < 1.29 is 0 Å². The summed E-state index contributed by atoms with van der Waals surface area (Å²) < 4.78 is 0. The van der Waals surface area contributed by atoms with Crippen LogP contribution in [0, 0.1) is 0 Å². The van der Waals surface area contributed by atoms with E-state index in [1.54, 1.807) is 5.51 Å². The summed E-state index contributed by atoms with van der Waals surface area (Å²) in [4.78, 5) is 0. The molecule has 1 N–H and O–H groups in total. The maximum Gasteiger partial charge on any atom is 0.205 e. The summed E-state index contributed by atoms with van der Waals surface area (Å²) in [7, 11) is 0. The molecule has 2 unspecified atom stereocenters. The van der Waals surface area contributed by atoms with E-state index in [9.17, 15) is 0 Å². The summed E-state index contributed by atoms with van der Waals surface area (Å²) in [6.45, 7) is 0. The molecule has 1 aromatic heterocycles. The lowest BCUT2D eigenvalue weighted by Gasteiger charge is -2.27. The van der Waals surface area contributed by atoms with Crippen molar-refractivity contribution in [3.63, 3.8) is 0 Å². The molecule has 1 aromatic rings. The third-order valence-electron chi connectivity index (χ3n) is 2.35. The Hall–Kier alpha value is -0.350. The molecule has 1 aliphatic rings. The van der Waals surface area contributed by atoms with Gasteiger partial charge in [0.25, 0.3) is 0 Å². The lowest BCUT2D eigenvalue weighted by atomic mass is 9.95. The molecule has 0 bridgehead atoms. The minimum Gasteiger partial charge on any atom is -0.356 e. The van der Waals surface area contributed by atoms with Gasteiger partial charge in [-0.1, -0.05) is 24.2 Å². The van der Waals surface area contributed by atoms with Crippen LogP contribution in [0.25, 0.3) is 0 Å². The Morgan fingerprint density at radius 3 is 3.00 bits per heavy atom. The van der Waals surface area contributed by atoms with Crippen LogP contribution in [0.5, 0.6) is 0 Å². The molecule has 72 valence electrons. The first kappa shape index (κ1) is 9.21. The Bertz CT molecular complexity index is 252. The Balaban J connectivity index is 1.93. The summed E-state index contributed by atoms with van der Waals surface area (Å²) in [5, 5.41) is 12.2. The SMILES string of the molecule is ClC1CCCCC1Nc1nncs1. The fourth-order valence-electron chi connectivity index (χ4n) is 1.64. The molecule has 0 spiro atoms. The number of hydrogen-bond acceptors (Lipinski definition) is 4. The van der Waals surface area contributed by atoms with Gasteiger partial charge < -0.3 is 5.32 Å². The van der Waals surface area contributed by atoms with E-state index < -0.39 is 0 Å². The molecule has 5 heteroatoms. The highest BCUT2D eigenvalue weighted by Gasteiger charge is 2.23. The van der Waals surface area contributed by atoms with Crippen LogP contribution in [0.4, 0.5) is 5.13 Å². The number of nitrogens with zero attached hydrogens (tertiary/aromatic N) is 2. The van der Waals surface area contributed by atoms with Gasteiger partial charge >= 0.3 is 0 Å². The average Bonchev–Trinajstić information content (AvgIpc) is 2.61. The Morgan fingerprint density at radius 1 is 1.46 bits per heavy atom. The van der Waals surface area contributed by atoms with E-state index in [2.05, 4.69) is 15.5 Å². The molecule has 0 saturated heterocycles. The van der Waals surface area contributed by atoms with Crippen LogP contribution in [-0.4, -0.2) is 21.6 Å². The molecule has 3 nitrogen and oxygen atoms in total. The van der Waals surface area contributed by atoms with Gasteiger partial charge in [-0.15, -0.1) is 21.8 Å². The fourth-order valence-corrected chi connectivity index (χ4v) is 2.49. The summed E-state index contributed by atoms with van der Waals surface area (Å²) in [5.74, 6) is 0. The van der Waals surface area contributed by atoms with Crippen molar-refractivity contribution >= 4 is 28.1 Å². The van der Waals surface area contributed by atoms with Gasteiger partial charge in [0, 0.05) is 6.04 Å². The van der Waals surface area contributed by atoms with Crippen LogP contribution in [0.2, 0.25) is 0 Å². The van der Waals surface area contributed by atoms with E-state index in [0.29, 0.717) is 6.04 Å². The minimum atomic E-state index is 0.248. The van der Waals surface area contributed by atoms with E-state index in [1.165, 1.54) is 24.2 Å². The van der Waals surface area contributed by atoms with Gasteiger partial charge in [0.2, 0.25) is 5.13 Å². The molecule has 0 aromatic carbocycles. The second-order valence-corrected chi connectivity index (χ2v) is 4.69. The number of hydrogen-bond donors (Lipinski definition) is 1. The number of halogens is 1. The average molecular weight is 218 g/mol. The molecular weight excluding hydrogens is 206 g/mol. The highest BCUT2D eigenvalue weighted by atomic mass is 35.5. The number of nitrogens with one attached hydrogen (secondary N) is 1. The molecule has 1 aliphatic carbocycles. The van der Waals surface area contributed by atoms with Crippen LogP contribution in [-0.2, 0) is 0 Å². The molecule has 1 fully saturated rings. The smallest absolute Gasteiger partial charge is 0.205 e. The zero-order chi connectivity index (χ0) is 9.10. The third-order valence-corrected chi connectivity index (χ3v) is 3.50. The van der Waals surface area contributed by atoms with Crippen molar-refractivity contribution in [1.29, 1.82) is 0 Å². The largest absolute Gasteiger partial charge is 0.356 e. The maximum absolute atomic E-state index is 6.19. The van der Waals surface area contributed by atoms with Crippen LogP contribution in [0.1, 0.15) is 25.7 Å².